The van der Waals surface area contributed by atoms with E-state index < -0.39 is 11.7 Å². The van der Waals surface area contributed by atoms with Crippen molar-refractivity contribution >= 4 is 51.7 Å². The molecule has 20 heavy (non-hydrogen) atoms. The van der Waals surface area contributed by atoms with Crippen molar-refractivity contribution in [3.63, 3.8) is 0 Å². The van der Waals surface area contributed by atoms with Crippen molar-refractivity contribution in [3.8, 4) is 0 Å². The number of amides is 2. The summed E-state index contributed by atoms with van der Waals surface area (Å²) in [5, 5.41) is 2.57. The molecule has 4 nitrogen and oxygen atoms in total. The molecule has 1 aromatic rings. The van der Waals surface area contributed by atoms with Gasteiger partial charge in [-0.1, -0.05) is 41.6 Å². The van der Waals surface area contributed by atoms with E-state index in [0.29, 0.717) is 10.1 Å². The molecule has 1 aliphatic rings. The van der Waals surface area contributed by atoms with Gasteiger partial charge in [-0.2, -0.15) is 0 Å². The van der Waals surface area contributed by atoms with Crippen LogP contribution < -0.4 is 5.32 Å². The molecule has 1 aromatic carbocycles. The summed E-state index contributed by atoms with van der Waals surface area (Å²) in [5.74, 6) is -1.05. The van der Waals surface area contributed by atoms with Crippen molar-refractivity contribution < 1.29 is 14.0 Å². The number of halogens is 2. The van der Waals surface area contributed by atoms with E-state index >= 15 is 0 Å². The molecule has 0 spiro atoms. The molecule has 0 unspecified atom stereocenters. The van der Waals surface area contributed by atoms with Crippen molar-refractivity contribution in [3.05, 3.63) is 34.6 Å². The van der Waals surface area contributed by atoms with Gasteiger partial charge in [0.25, 0.3) is 5.91 Å². The van der Waals surface area contributed by atoms with Crippen molar-refractivity contribution in [2.75, 3.05) is 18.8 Å². The van der Waals surface area contributed by atoms with Gasteiger partial charge in [-0.3, -0.25) is 14.5 Å². The van der Waals surface area contributed by atoms with Gasteiger partial charge < -0.3 is 5.32 Å². The zero-order chi connectivity index (χ0) is 14.7. The summed E-state index contributed by atoms with van der Waals surface area (Å²) >= 11 is 12.1. The zero-order valence-electron chi connectivity index (χ0n) is 10.2. The molecule has 0 radical (unpaired) electrons. The highest BCUT2D eigenvalue weighted by atomic mass is 35.5. The van der Waals surface area contributed by atoms with Crippen molar-refractivity contribution in [1.29, 1.82) is 0 Å². The Hall–Kier alpha value is -1.18. The van der Waals surface area contributed by atoms with Gasteiger partial charge in [-0.05, 0) is 12.1 Å². The van der Waals surface area contributed by atoms with Gasteiger partial charge in [0.2, 0.25) is 5.91 Å². The van der Waals surface area contributed by atoms with Crippen molar-refractivity contribution in [2.24, 2.45) is 0 Å². The number of carbonyl (C=O) groups is 2. The number of hydrogen-bond acceptors (Lipinski definition) is 4. The third-order valence-corrected chi connectivity index (χ3v) is 4.40. The van der Waals surface area contributed by atoms with Crippen LogP contribution in [-0.4, -0.2) is 39.9 Å². The highest BCUT2D eigenvalue weighted by Crippen LogP contribution is 2.19. The van der Waals surface area contributed by atoms with Crippen LogP contribution in [0.3, 0.4) is 0 Å². The second-order valence-electron chi connectivity index (χ2n) is 3.95. The number of thioether (sulfide) groups is 1. The number of thiocarbonyl (C=S) groups is 1. The van der Waals surface area contributed by atoms with Crippen LogP contribution in [0.25, 0.3) is 0 Å². The summed E-state index contributed by atoms with van der Waals surface area (Å²) in [6.07, 6.45) is 0. The molecular weight excluding hydrogens is 323 g/mol. The normalized spacial score (nSPS) is 14.8. The van der Waals surface area contributed by atoms with Crippen LogP contribution in [0.2, 0.25) is 5.02 Å². The Morgan fingerprint density at radius 2 is 2.30 bits per heavy atom. The van der Waals surface area contributed by atoms with Gasteiger partial charge in [0, 0.05) is 13.1 Å². The van der Waals surface area contributed by atoms with Gasteiger partial charge in [-0.15, -0.1) is 0 Å². The molecular formula is C12H10ClFN2O2S2. The lowest BCUT2D eigenvalue weighted by Crippen LogP contribution is -2.37. The number of rotatable bonds is 4. The molecule has 0 saturated carbocycles. The quantitative estimate of drug-likeness (QED) is 0.858. The van der Waals surface area contributed by atoms with Crippen LogP contribution in [0.4, 0.5) is 4.39 Å². The highest BCUT2D eigenvalue weighted by Gasteiger charge is 2.26. The molecule has 106 valence electrons. The number of hydrogen-bond donors (Lipinski definition) is 1. The Bertz CT molecular complexity index is 546. The second-order valence-corrected chi connectivity index (χ2v) is 5.97. The fraction of sp³-hybridized carbons (Fsp3) is 0.250. The molecule has 2 rings (SSSR count). The SMILES string of the molecule is O=C(NCCN1C(=O)CSC1=S)c1c(F)cccc1Cl. The van der Waals surface area contributed by atoms with Gasteiger partial charge in [0.15, 0.2) is 0 Å². The number of nitrogens with one attached hydrogen (secondary N) is 1. The van der Waals surface area contributed by atoms with E-state index in [2.05, 4.69) is 5.32 Å². The summed E-state index contributed by atoms with van der Waals surface area (Å²) < 4.78 is 14.0. The molecule has 8 heteroatoms. The Kier molecular flexibility index (Phi) is 4.95. The standard InChI is InChI=1S/C12H10ClFN2O2S2/c13-7-2-1-3-8(14)10(7)11(18)15-4-5-16-9(17)6-20-12(16)19/h1-3H,4-6H2,(H,15,18). The van der Waals surface area contributed by atoms with Crippen LogP contribution in [0.5, 0.6) is 0 Å². The average Bonchev–Trinajstić information content (AvgIpc) is 2.70. The molecule has 0 aliphatic carbocycles. The maximum atomic E-state index is 13.5. The molecule has 0 atom stereocenters. The van der Waals surface area contributed by atoms with Crippen molar-refractivity contribution in [2.45, 2.75) is 0 Å². The van der Waals surface area contributed by atoms with E-state index in [0.717, 1.165) is 6.07 Å². The minimum atomic E-state index is -0.682. The Labute approximate surface area is 129 Å². The van der Waals surface area contributed by atoms with Gasteiger partial charge in [0.1, 0.15) is 10.1 Å². The number of carbonyl (C=O) groups excluding carboxylic acids is 2. The van der Waals surface area contributed by atoms with Gasteiger partial charge in [0.05, 0.1) is 16.3 Å². The Morgan fingerprint density at radius 1 is 1.55 bits per heavy atom. The van der Waals surface area contributed by atoms with Crippen LogP contribution in [0, 0.1) is 5.82 Å². The predicted octanol–water partition coefficient (Wildman–Crippen LogP) is 2.07. The van der Waals surface area contributed by atoms with E-state index in [-0.39, 0.29) is 29.6 Å². The van der Waals surface area contributed by atoms with Gasteiger partial charge >= 0.3 is 0 Å². The average molecular weight is 333 g/mol. The lowest BCUT2D eigenvalue weighted by Gasteiger charge is -2.15. The van der Waals surface area contributed by atoms with Crippen LogP contribution >= 0.6 is 35.6 Å². The first-order valence-corrected chi connectivity index (χ1v) is 7.47. The fourth-order valence-corrected chi connectivity index (χ4v) is 3.05. The van der Waals surface area contributed by atoms with Crippen molar-refractivity contribution in [1.82, 2.24) is 10.2 Å². The molecule has 1 heterocycles. The van der Waals surface area contributed by atoms with E-state index in [4.69, 9.17) is 23.8 Å². The molecule has 1 fully saturated rings. The summed E-state index contributed by atoms with van der Waals surface area (Å²) in [5.41, 5.74) is -0.195. The third kappa shape index (κ3) is 3.28. The van der Waals surface area contributed by atoms with E-state index in [1.54, 1.807) is 0 Å². The summed E-state index contributed by atoms with van der Waals surface area (Å²) in [4.78, 5) is 24.7. The van der Waals surface area contributed by atoms with Crippen LogP contribution in [-0.2, 0) is 4.79 Å². The molecule has 1 aliphatic heterocycles. The molecule has 1 saturated heterocycles. The number of benzene rings is 1. The highest BCUT2D eigenvalue weighted by molar-refractivity contribution is 8.23. The maximum absolute atomic E-state index is 13.5. The molecule has 1 N–H and O–H groups in total. The van der Waals surface area contributed by atoms with E-state index in [1.165, 1.54) is 28.8 Å². The molecule has 0 bridgehead atoms. The maximum Gasteiger partial charge on any atom is 0.255 e. The first kappa shape index (κ1) is 15.2. The third-order valence-electron chi connectivity index (χ3n) is 2.65. The number of nitrogens with zero attached hydrogens (tertiary/aromatic N) is 1. The fourth-order valence-electron chi connectivity index (χ4n) is 1.68. The minimum absolute atomic E-state index is 0.0471. The lowest BCUT2D eigenvalue weighted by atomic mass is 10.2. The van der Waals surface area contributed by atoms with Gasteiger partial charge in [-0.25, -0.2) is 4.39 Å². The van der Waals surface area contributed by atoms with E-state index in [9.17, 15) is 14.0 Å². The summed E-state index contributed by atoms with van der Waals surface area (Å²) in [6, 6.07) is 4.03. The monoisotopic (exact) mass is 332 g/mol. The van der Waals surface area contributed by atoms with Crippen LogP contribution in [0.15, 0.2) is 18.2 Å². The molecule has 0 aromatic heterocycles. The smallest absolute Gasteiger partial charge is 0.255 e. The lowest BCUT2D eigenvalue weighted by molar-refractivity contribution is -0.123. The van der Waals surface area contributed by atoms with E-state index in [1.807, 2.05) is 0 Å². The van der Waals surface area contributed by atoms with Crippen LogP contribution in [0.1, 0.15) is 10.4 Å². The largest absolute Gasteiger partial charge is 0.350 e. The second kappa shape index (κ2) is 6.51. The Morgan fingerprint density at radius 3 is 2.90 bits per heavy atom. The zero-order valence-corrected chi connectivity index (χ0v) is 12.6. The first-order valence-electron chi connectivity index (χ1n) is 5.70. The topological polar surface area (TPSA) is 49.4 Å². The molecule has 2 amide bonds. The summed E-state index contributed by atoms with van der Waals surface area (Å²) in [6.45, 7) is 0.443. The Balaban J connectivity index is 1.93. The summed E-state index contributed by atoms with van der Waals surface area (Å²) in [7, 11) is 0. The first-order chi connectivity index (χ1) is 9.50. The minimum Gasteiger partial charge on any atom is -0.350 e. The predicted molar refractivity (Wildman–Crippen MR) is 80.5 cm³/mol.